The molecule has 4 heteroatoms. The number of fused-ring (bicyclic) bond motifs is 1. The molecule has 0 saturated carbocycles. The number of rotatable bonds is 2. The monoisotopic (exact) mass is 299 g/mol. The molecule has 2 aromatic carbocycles. The van der Waals surface area contributed by atoms with Crippen LogP contribution in [-0.2, 0) is 0 Å². The molecule has 1 heterocycles. The Bertz CT molecular complexity index is 683. The van der Waals surface area contributed by atoms with Gasteiger partial charge in [0.15, 0.2) is 4.60 Å². The van der Waals surface area contributed by atoms with Crippen LogP contribution in [0.2, 0.25) is 0 Å². The highest BCUT2D eigenvalue weighted by molar-refractivity contribution is 9.10. The van der Waals surface area contributed by atoms with E-state index in [-0.39, 0.29) is 0 Å². The molecule has 0 atom stereocenters. The highest BCUT2D eigenvalue weighted by atomic mass is 79.9. The molecule has 18 heavy (non-hydrogen) atoms. The summed E-state index contributed by atoms with van der Waals surface area (Å²) in [6, 6.07) is 17.9. The van der Waals surface area contributed by atoms with Gasteiger partial charge < -0.3 is 5.32 Å². The predicted octanol–water partition coefficient (Wildman–Crippen LogP) is 4.14. The van der Waals surface area contributed by atoms with Gasteiger partial charge >= 0.3 is 0 Å². The highest BCUT2D eigenvalue weighted by Crippen LogP contribution is 2.30. The zero-order valence-corrected chi connectivity index (χ0v) is 11.1. The van der Waals surface area contributed by atoms with E-state index in [4.69, 9.17) is 0 Å². The molecular formula is C14H10BrN3. The molecule has 0 aliphatic heterocycles. The van der Waals surface area contributed by atoms with Crippen molar-refractivity contribution in [3.05, 3.63) is 59.2 Å². The molecule has 0 aliphatic carbocycles. The lowest BCUT2D eigenvalue weighted by Gasteiger charge is -2.10. The minimum Gasteiger partial charge on any atom is -0.353 e. The lowest BCUT2D eigenvalue weighted by molar-refractivity contribution is 1.05. The van der Waals surface area contributed by atoms with Crippen LogP contribution in [0.4, 0.5) is 11.4 Å². The molecule has 0 spiro atoms. The molecule has 0 fully saturated rings. The highest BCUT2D eigenvalue weighted by Gasteiger charge is 2.08. The van der Waals surface area contributed by atoms with Gasteiger partial charge in [-0.2, -0.15) is 0 Å². The molecule has 0 radical (unpaired) electrons. The number of para-hydroxylation sites is 1. The van der Waals surface area contributed by atoms with Crippen LogP contribution in [-0.4, -0.2) is 10.2 Å². The normalized spacial score (nSPS) is 10.5. The van der Waals surface area contributed by atoms with Crippen molar-refractivity contribution in [3.8, 4) is 0 Å². The lowest BCUT2D eigenvalue weighted by Crippen LogP contribution is -1.96. The quantitative estimate of drug-likeness (QED) is 0.773. The van der Waals surface area contributed by atoms with E-state index >= 15 is 0 Å². The fourth-order valence-corrected chi connectivity index (χ4v) is 2.21. The summed E-state index contributed by atoms with van der Waals surface area (Å²) < 4.78 is 0.713. The first-order valence-electron chi connectivity index (χ1n) is 5.57. The molecule has 0 amide bonds. The molecule has 3 nitrogen and oxygen atoms in total. The smallest absolute Gasteiger partial charge is 0.152 e. The van der Waals surface area contributed by atoms with E-state index in [2.05, 4.69) is 31.4 Å². The zero-order valence-electron chi connectivity index (χ0n) is 9.47. The SMILES string of the molecule is Brc1nnc2ccccc2c1Nc1ccccc1. The summed E-state index contributed by atoms with van der Waals surface area (Å²) in [7, 11) is 0. The van der Waals surface area contributed by atoms with Crippen LogP contribution in [0, 0.1) is 0 Å². The molecule has 0 saturated heterocycles. The Hall–Kier alpha value is -1.94. The summed E-state index contributed by atoms with van der Waals surface area (Å²) in [6.45, 7) is 0. The number of hydrogen-bond acceptors (Lipinski definition) is 3. The van der Waals surface area contributed by atoms with E-state index in [1.807, 2.05) is 54.6 Å². The van der Waals surface area contributed by atoms with Gasteiger partial charge in [-0.15, -0.1) is 10.2 Å². The van der Waals surface area contributed by atoms with Gasteiger partial charge in [0.1, 0.15) is 0 Å². The minimum absolute atomic E-state index is 0.713. The van der Waals surface area contributed by atoms with Gasteiger partial charge in [0.2, 0.25) is 0 Å². The lowest BCUT2D eigenvalue weighted by atomic mass is 10.2. The van der Waals surface area contributed by atoms with E-state index in [1.165, 1.54) is 0 Å². The summed E-state index contributed by atoms with van der Waals surface area (Å²) in [5, 5.41) is 12.7. The molecule has 0 unspecified atom stereocenters. The second-order valence-electron chi connectivity index (χ2n) is 3.87. The Morgan fingerprint density at radius 2 is 1.56 bits per heavy atom. The fourth-order valence-electron chi connectivity index (χ4n) is 1.82. The third kappa shape index (κ3) is 2.07. The van der Waals surface area contributed by atoms with Crippen LogP contribution in [0.15, 0.2) is 59.2 Å². The number of benzene rings is 2. The van der Waals surface area contributed by atoms with Crippen molar-refractivity contribution in [2.24, 2.45) is 0 Å². The van der Waals surface area contributed by atoms with Crippen LogP contribution < -0.4 is 5.32 Å². The van der Waals surface area contributed by atoms with Gasteiger partial charge in [0.05, 0.1) is 11.2 Å². The van der Waals surface area contributed by atoms with Gasteiger partial charge in [-0.3, -0.25) is 0 Å². The average molecular weight is 300 g/mol. The average Bonchev–Trinajstić information content (AvgIpc) is 2.43. The van der Waals surface area contributed by atoms with Gasteiger partial charge in [0.25, 0.3) is 0 Å². The summed E-state index contributed by atoms with van der Waals surface area (Å²) in [6.07, 6.45) is 0. The minimum atomic E-state index is 0.713. The molecule has 3 rings (SSSR count). The predicted molar refractivity (Wildman–Crippen MR) is 77.0 cm³/mol. The largest absolute Gasteiger partial charge is 0.353 e. The third-order valence-electron chi connectivity index (χ3n) is 2.67. The van der Waals surface area contributed by atoms with Crippen LogP contribution in [0.3, 0.4) is 0 Å². The molecule has 0 bridgehead atoms. The Labute approximate surface area is 113 Å². The second-order valence-corrected chi connectivity index (χ2v) is 4.63. The molecule has 0 aliphatic rings. The van der Waals surface area contributed by atoms with Gasteiger partial charge in [-0.05, 0) is 34.1 Å². The first-order valence-corrected chi connectivity index (χ1v) is 6.37. The second kappa shape index (κ2) is 4.74. The first kappa shape index (κ1) is 11.2. The fraction of sp³-hybridized carbons (Fsp3) is 0. The van der Waals surface area contributed by atoms with E-state index in [0.29, 0.717) is 4.60 Å². The summed E-state index contributed by atoms with van der Waals surface area (Å²) in [5.41, 5.74) is 2.84. The first-order chi connectivity index (χ1) is 8.84. The summed E-state index contributed by atoms with van der Waals surface area (Å²) in [4.78, 5) is 0. The maximum Gasteiger partial charge on any atom is 0.152 e. The Kier molecular flexibility index (Phi) is 2.94. The van der Waals surface area contributed by atoms with E-state index in [9.17, 15) is 0 Å². The Balaban J connectivity index is 2.13. The Morgan fingerprint density at radius 3 is 2.39 bits per heavy atom. The maximum atomic E-state index is 4.15. The van der Waals surface area contributed by atoms with Crippen molar-refractivity contribution in [3.63, 3.8) is 0 Å². The number of aromatic nitrogens is 2. The molecule has 1 aromatic heterocycles. The number of halogens is 1. The van der Waals surface area contributed by atoms with Crippen molar-refractivity contribution in [2.45, 2.75) is 0 Å². The maximum absolute atomic E-state index is 4.15. The van der Waals surface area contributed by atoms with Gasteiger partial charge in [-0.1, -0.05) is 36.4 Å². The van der Waals surface area contributed by atoms with Crippen LogP contribution in [0.5, 0.6) is 0 Å². The van der Waals surface area contributed by atoms with Crippen LogP contribution in [0.1, 0.15) is 0 Å². The van der Waals surface area contributed by atoms with Crippen molar-refractivity contribution >= 4 is 38.2 Å². The van der Waals surface area contributed by atoms with Crippen molar-refractivity contribution < 1.29 is 0 Å². The standard InChI is InChI=1S/C14H10BrN3/c15-14-13(16-10-6-2-1-3-7-10)11-8-4-5-9-12(11)17-18-14/h1-9H,(H,16,17). The third-order valence-corrected chi connectivity index (χ3v) is 3.22. The summed E-state index contributed by atoms with van der Waals surface area (Å²) >= 11 is 3.44. The topological polar surface area (TPSA) is 37.8 Å². The number of nitrogens with zero attached hydrogens (tertiary/aromatic N) is 2. The van der Waals surface area contributed by atoms with E-state index in [1.54, 1.807) is 0 Å². The van der Waals surface area contributed by atoms with Crippen molar-refractivity contribution in [1.82, 2.24) is 10.2 Å². The van der Waals surface area contributed by atoms with Crippen LogP contribution >= 0.6 is 15.9 Å². The van der Waals surface area contributed by atoms with Crippen molar-refractivity contribution in [2.75, 3.05) is 5.32 Å². The zero-order chi connectivity index (χ0) is 12.4. The number of hydrogen-bond donors (Lipinski definition) is 1. The van der Waals surface area contributed by atoms with Gasteiger partial charge in [-0.25, -0.2) is 0 Å². The molecular weight excluding hydrogens is 290 g/mol. The van der Waals surface area contributed by atoms with E-state index < -0.39 is 0 Å². The number of anilines is 2. The van der Waals surface area contributed by atoms with Gasteiger partial charge in [0, 0.05) is 11.1 Å². The Morgan fingerprint density at radius 1 is 0.833 bits per heavy atom. The molecule has 1 N–H and O–H groups in total. The van der Waals surface area contributed by atoms with Crippen molar-refractivity contribution in [1.29, 1.82) is 0 Å². The van der Waals surface area contributed by atoms with E-state index in [0.717, 1.165) is 22.3 Å². The number of nitrogens with one attached hydrogen (secondary N) is 1. The summed E-state index contributed by atoms with van der Waals surface area (Å²) in [5.74, 6) is 0. The van der Waals surface area contributed by atoms with Crippen LogP contribution in [0.25, 0.3) is 10.9 Å². The molecule has 88 valence electrons. The molecule has 3 aromatic rings.